The summed E-state index contributed by atoms with van der Waals surface area (Å²) in [6.45, 7) is 5.71. The second kappa shape index (κ2) is 5.64. The van der Waals surface area contributed by atoms with Crippen molar-refractivity contribution < 1.29 is 19.4 Å². The Morgan fingerprint density at radius 1 is 1.30 bits per heavy atom. The molecule has 0 saturated carbocycles. The number of imide groups is 1. The zero-order valence-corrected chi connectivity index (χ0v) is 11.3. The highest BCUT2D eigenvalue weighted by atomic mass is 16.6. The second-order valence-electron chi connectivity index (χ2n) is 4.27. The molecular formula is C14H16N2O4. The minimum Gasteiger partial charge on any atom is -0.507 e. The average molecular weight is 276 g/mol. The number of benzene rings is 1. The number of cyclic esters (lactones) is 1. The van der Waals surface area contributed by atoms with E-state index in [1.54, 1.807) is 12.1 Å². The van der Waals surface area contributed by atoms with Gasteiger partial charge in [-0.3, -0.25) is 10.1 Å². The highest BCUT2D eigenvalue weighted by Gasteiger charge is 2.26. The Kier molecular flexibility index (Phi) is 3.93. The predicted molar refractivity (Wildman–Crippen MR) is 74.3 cm³/mol. The number of phenolic OH excluding ortho intramolecular Hbond substituents is 1. The number of aromatic hydroxyl groups is 1. The number of ether oxygens (including phenoxy) is 1. The summed E-state index contributed by atoms with van der Waals surface area (Å²) >= 11 is 0. The smallest absolute Gasteiger partial charge is 0.419 e. The Balaban J connectivity index is 2.29. The predicted octanol–water partition coefficient (Wildman–Crippen LogP) is 1.85. The van der Waals surface area contributed by atoms with E-state index in [0.717, 1.165) is 18.8 Å². The number of hydrogen-bond acceptors (Lipinski definition) is 5. The molecule has 1 aliphatic rings. The van der Waals surface area contributed by atoms with Crippen LogP contribution in [0.5, 0.6) is 5.75 Å². The minimum atomic E-state index is -0.805. The first-order chi connectivity index (χ1) is 9.55. The molecule has 0 aliphatic carbocycles. The monoisotopic (exact) mass is 276 g/mol. The summed E-state index contributed by atoms with van der Waals surface area (Å²) in [5.41, 5.74) is 1.31. The van der Waals surface area contributed by atoms with Crippen molar-refractivity contribution in [3.05, 3.63) is 29.5 Å². The maximum Gasteiger partial charge on any atom is 0.419 e. The molecule has 1 aromatic rings. The van der Waals surface area contributed by atoms with Crippen LogP contribution in [0.1, 0.15) is 19.4 Å². The molecule has 2 amide bonds. The highest BCUT2D eigenvalue weighted by molar-refractivity contribution is 6.10. The van der Waals surface area contributed by atoms with Crippen LogP contribution in [0, 0.1) is 0 Å². The molecule has 20 heavy (non-hydrogen) atoms. The van der Waals surface area contributed by atoms with E-state index >= 15 is 0 Å². The highest BCUT2D eigenvalue weighted by Crippen LogP contribution is 2.27. The summed E-state index contributed by atoms with van der Waals surface area (Å²) < 4.78 is 4.69. The molecule has 0 bridgehead atoms. The van der Waals surface area contributed by atoms with Crippen molar-refractivity contribution in [2.75, 3.05) is 18.0 Å². The molecule has 1 aromatic carbocycles. The molecular weight excluding hydrogens is 260 g/mol. The van der Waals surface area contributed by atoms with Crippen molar-refractivity contribution in [2.24, 2.45) is 0 Å². The Morgan fingerprint density at radius 3 is 2.50 bits per heavy atom. The molecule has 0 spiro atoms. The van der Waals surface area contributed by atoms with E-state index in [1.807, 2.05) is 25.2 Å². The molecule has 0 atom stereocenters. The number of carbonyl (C=O) groups is 2. The molecule has 2 N–H and O–H groups in total. The van der Waals surface area contributed by atoms with Crippen molar-refractivity contribution in [3.8, 4) is 5.75 Å². The Bertz CT molecular complexity index is 577. The molecule has 2 rings (SSSR count). The summed E-state index contributed by atoms with van der Waals surface area (Å²) in [5, 5.41) is 12.0. The van der Waals surface area contributed by atoms with E-state index < -0.39 is 12.0 Å². The van der Waals surface area contributed by atoms with Gasteiger partial charge in [0.1, 0.15) is 5.75 Å². The van der Waals surface area contributed by atoms with E-state index in [1.165, 1.54) is 6.08 Å². The number of nitrogens with zero attached hydrogens (tertiary/aromatic N) is 1. The van der Waals surface area contributed by atoms with E-state index in [2.05, 4.69) is 4.90 Å². The van der Waals surface area contributed by atoms with Gasteiger partial charge in [-0.05, 0) is 32.1 Å². The molecule has 6 nitrogen and oxygen atoms in total. The van der Waals surface area contributed by atoms with Gasteiger partial charge in [0.05, 0.1) is 0 Å². The quantitative estimate of drug-likeness (QED) is 0.820. The van der Waals surface area contributed by atoms with Crippen LogP contribution in [0.4, 0.5) is 10.5 Å². The summed E-state index contributed by atoms with van der Waals surface area (Å²) in [5.74, 6) is -0.708. The SMILES string of the molecule is CCN(CC)c1ccc(/C=C2/OC(=O)NC2=O)c(O)c1. The van der Waals surface area contributed by atoms with Crippen LogP contribution in [0.2, 0.25) is 0 Å². The Morgan fingerprint density at radius 2 is 2.00 bits per heavy atom. The summed E-state index contributed by atoms with van der Waals surface area (Å²) in [6.07, 6.45) is 0.530. The van der Waals surface area contributed by atoms with Crippen LogP contribution in [-0.2, 0) is 9.53 Å². The molecule has 1 aliphatic heterocycles. The molecule has 0 radical (unpaired) electrons. The first kappa shape index (κ1) is 13.9. The fourth-order valence-corrected chi connectivity index (χ4v) is 2.00. The van der Waals surface area contributed by atoms with Crippen LogP contribution in [0.15, 0.2) is 24.0 Å². The molecule has 0 unspecified atom stereocenters. The van der Waals surface area contributed by atoms with Gasteiger partial charge in [-0.25, -0.2) is 4.79 Å². The largest absolute Gasteiger partial charge is 0.507 e. The van der Waals surface area contributed by atoms with Crippen molar-refractivity contribution in [1.82, 2.24) is 5.32 Å². The van der Waals surface area contributed by atoms with Crippen LogP contribution in [0.3, 0.4) is 0 Å². The lowest BCUT2D eigenvalue weighted by atomic mass is 10.1. The second-order valence-corrected chi connectivity index (χ2v) is 4.27. The van der Waals surface area contributed by atoms with Gasteiger partial charge in [-0.2, -0.15) is 0 Å². The number of anilines is 1. The minimum absolute atomic E-state index is 0.0256. The maximum absolute atomic E-state index is 11.4. The van der Waals surface area contributed by atoms with Crippen molar-refractivity contribution in [2.45, 2.75) is 13.8 Å². The van der Waals surface area contributed by atoms with E-state index in [4.69, 9.17) is 4.74 Å². The number of carbonyl (C=O) groups excluding carboxylic acids is 2. The average Bonchev–Trinajstić information content (AvgIpc) is 2.72. The van der Waals surface area contributed by atoms with E-state index in [-0.39, 0.29) is 11.5 Å². The fraction of sp³-hybridized carbons (Fsp3) is 0.286. The standard InChI is InChI=1S/C14H16N2O4/c1-3-16(4-2)10-6-5-9(11(17)8-10)7-12-13(18)15-14(19)20-12/h5-8,17H,3-4H2,1-2H3,(H,15,18,19)/b12-7+. The van der Waals surface area contributed by atoms with Gasteiger partial charge in [0.2, 0.25) is 0 Å². The molecule has 1 saturated heterocycles. The van der Waals surface area contributed by atoms with Gasteiger partial charge in [0.25, 0.3) is 5.91 Å². The fourth-order valence-electron chi connectivity index (χ4n) is 2.00. The molecule has 1 heterocycles. The van der Waals surface area contributed by atoms with Crippen LogP contribution < -0.4 is 10.2 Å². The lowest BCUT2D eigenvalue weighted by Gasteiger charge is -2.21. The maximum atomic E-state index is 11.4. The van der Waals surface area contributed by atoms with E-state index in [9.17, 15) is 14.7 Å². The number of nitrogens with one attached hydrogen (secondary N) is 1. The summed E-state index contributed by atoms with van der Waals surface area (Å²) in [4.78, 5) is 24.3. The molecule has 106 valence electrons. The summed E-state index contributed by atoms with van der Waals surface area (Å²) in [6, 6.07) is 5.14. The van der Waals surface area contributed by atoms with Gasteiger partial charge < -0.3 is 14.7 Å². The van der Waals surface area contributed by atoms with Crippen LogP contribution in [-0.4, -0.2) is 30.2 Å². The molecule has 0 aromatic heterocycles. The zero-order chi connectivity index (χ0) is 14.7. The van der Waals surface area contributed by atoms with Gasteiger partial charge in [0.15, 0.2) is 5.76 Å². The topological polar surface area (TPSA) is 78.9 Å². The number of hydrogen-bond donors (Lipinski definition) is 2. The summed E-state index contributed by atoms with van der Waals surface area (Å²) in [7, 11) is 0. The number of alkyl carbamates (subject to hydrolysis) is 1. The van der Waals surface area contributed by atoms with Crippen LogP contribution in [0.25, 0.3) is 6.08 Å². The van der Waals surface area contributed by atoms with Gasteiger partial charge in [0, 0.05) is 30.4 Å². The number of rotatable bonds is 4. The number of phenols is 1. The van der Waals surface area contributed by atoms with Crippen molar-refractivity contribution in [3.63, 3.8) is 0 Å². The third-order valence-corrected chi connectivity index (χ3v) is 3.07. The zero-order valence-electron chi connectivity index (χ0n) is 11.3. The molecule has 6 heteroatoms. The Labute approximate surface area is 116 Å². The van der Waals surface area contributed by atoms with Crippen molar-refractivity contribution in [1.29, 1.82) is 0 Å². The third-order valence-electron chi connectivity index (χ3n) is 3.07. The normalized spacial score (nSPS) is 16.2. The first-order valence-corrected chi connectivity index (χ1v) is 6.38. The van der Waals surface area contributed by atoms with E-state index in [0.29, 0.717) is 5.56 Å². The van der Waals surface area contributed by atoms with Crippen LogP contribution >= 0.6 is 0 Å². The lowest BCUT2D eigenvalue weighted by Crippen LogP contribution is -2.21. The number of amides is 2. The lowest BCUT2D eigenvalue weighted by molar-refractivity contribution is -0.116. The Hall–Kier alpha value is -2.50. The third kappa shape index (κ3) is 2.74. The van der Waals surface area contributed by atoms with Gasteiger partial charge >= 0.3 is 6.09 Å². The first-order valence-electron chi connectivity index (χ1n) is 6.38. The van der Waals surface area contributed by atoms with Crippen molar-refractivity contribution >= 4 is 23.8 Å². The van der Waals surface area contributed by atoms with Gasteiger partial charge in [-0.1, -0.05) is 0 Å². The van der Waals surface area contributed by atoms with Gasteiger partial charge in [-0.15, -0.1) is 0 Å². The molecule has 1 fully saturated rings.